The molecule has 0 spiro atoms. The number of carbonyl (C=O) groups excluding carboxylic acids is 5. The minimum Gasteiger partial charge on any atom is -0.442 e. The molecule has 0 unspecified atom stereocenters. The molecule has 2 rings (SSSR count). The highest BCUT2D eigenvalue weighted by molar-refractivity contribution is 6.33. The van der Waals surface area contributed by atoms with Gasteiger partial charge in [0.15, 0.2) is 0 Å². The van der Waals surface area contributed by atoms with Crippen molar-refractivity contribution >= 4 is 54.0 Å². The second kappa shape index (κ2) is 14.9. The Balaban J connectivity index is 0.000000589. The van der Waals surface area contributed by atoms with Crippen molar-refractivity contribution in [2.75, 3.05) is 41.3 Å². The van der Waals surface area contributed by atoms with Gasteiger partial charge in [-0.25, -0.2) is 35.5 Å². The molecule has 0 fully saturated rings. The summed E-state index contributed by atoms with van der Waals surface area (Å²) in [5.41, 5.74) is 1.16. The summed E-state index contributed by atoms with van der Waals surface area (Å²) in [5.74, 6) is 4.56. The van der Waals surface area contributed by atoms with E-state index in [0.29, 0.717) is 15.7 Å². The van der Waals surface area contributed by atoms with Crippen molar-refractivity contribution in [1.29, 1.82) is 0 Å². The number of hydrazine groups is 2. The lowest BCUT2D eigenvalue weighted by molar-refractivity contribution is -0.140. The Morgan fingerprint density at radius 1 is 0.907 bits per heavy atom. The van der Waals surface area contributed by atoms with Gasteiger partial charge in [-0.2, -0.15) is 20.4 Å². The first-order chi connectivity index (χ1) is 19.6. The van der Waals surface area contributed by atoms with Crippen molar-refractivity contribution in [3.05, 3.63) is 0 Å². The minimum atomic E-state index is -1.07. The van der Waals surface area contributed by atoms with Crippen LogP contribution < -0.4 is 11.3 Å². The molecular weight excluding hydrogens is 568 g/mol. The maximum absolute atomic E-state index is 12.9. The number of hydrazone groups is 4. The van der Waals surface area contributed by atoms with Crippen LogP contribution in [0.15, 0.2) is 20.4 Å². The SMILES string of the molecule is CC(=O)N(C(=O)OC(C)(C)C)N1CC(/C=N/N(C)C)=NN(C(=O)OC(C)(C)C)C1=O.CN(C)/N=C/C1=NNC(=O)N(N)C1. The molecule has 0 atom stereocenters. The number of nitrogens with zero attached hydrogens (tertiary/aromatic N) is 10. The molecule has 0 radical (unpaired) electrons. The van der Waals surface area contributed by atoms with Gasteiger partial charge >= 0.3 is 24.2 Å². The van der Waals surface area contributed by atoms with Gasteiger partial charge in [-0.15, -0.1) is 10.0 Å². The number of imide groups is 2. The van der Waals surface area contributed by atoms with Crippen LogP contribution >= 0.6 is 0 Å². The summed E-state index contributed by atoms with van der Waals surface area (Å²) in [4.78, 5) is 61.1. The second-order valence-electron chi connectivity index (χ2n) is 11.4. The zero-order valence-corrected chi connectivity index (χ0v) is 26.5. The molecule has 2 aliphatic rings. The highest BCUT2D eigenvalue weighted by atomic mass is 16.6. The van der Waals surface area contributed by atoms with Gasteiger partial charge < -0.3 is 19.5 Å². The maximum atomic E-state index is 12.9. The topological polar surface area (TPSA) is 211 Å². The summed E-state index contributed by atoms with van der Waals surface area (Å²) in [7, 11) is 6.91. The lowest BCUT2D eigenvalue weighted by atomic mass is 10.2. The van der Waals surface area contributed by atoms with Gasteiger partial charge in [-0.1, -0.05) is 0 Å². The summed E-state index contributed by atoms with van der Waals surface area (Å²) >= 11 is 0. The molecule has 0 aromatic rings. The number of ether oxygens (including phenoxy) is 2. The number of nitrogens with two attached hydrogens (primary N) is 1. The van der Waals surface area contributed by atoms with E-state index >= 15 is 0 Å². The highest BCUT2D eigenvalue weighted by Gasteiger charge is 2.42. The summed E-state index contributed by atoms with van der Waals surface area (Å²) in [6.45, 7) is 10.8. The van der Waals surface area contributed by atoms with Crippen molar-refractivity contribution in [3.63, 3.8) is 0 Å². The van der Waals surface area contributed by atoms with E-state index < -0.39 is 41.4 Å². The number of hydrogen-bond donors (Lipinski definition) is 2. The third-order valence-corrected chi connectivity index (χ3v) is 4.38. The first kappa shape index (κ1) is 36.2. The van der Waals surface area contributed by atoms with Crippen molar-refractivity contribution in [1.82, 2.24) is 35.5 Å². The number of amides is 7. The average Bonchev–Trinajstić information content (AvgIpc) is 2.83. The van der Waals surface area contributed by atoms with Gasteiger partial charge in [0, 0.05) is 35.1 Å². The molecule has 7 amide bonds. The fraction of sp³-hybridized carbons (Fsp3) is 0.625. The number of urea groups is 2. The first-order valence-corrected chi connectivity index (χ1v) is 12.9. The van der Waals surface area contributed by atoms with Crippen molar-refractivity contribution in [2.45, 2.75) is 59.7 Å². The summed E-state index contributed by atoms with van der Waals surface area (Å²) < 4.78 is 10.4. The molecule has 19 heteroatoms. The molecule has 0 saturated heterocycles. The largest absolute Gasteiger partial charge is 0.442 e. The number of rotatable bonds is 5. The van der Waals surface area contributed by atoms with Crippen LogP contribution in [0.2, 0.25) is 0 Å². The Bertz CT molecular complexity index is 1180. The number of hydrogen-bond acceptors (Lipinski definition) is 14. The molecular formula is C24H42N12O7. The van der Waals surface area contributed by atoms with E-state index in [1.54, 1.807) is 81.0 Å². The van der Waals surface area contributed by atoms with E-state index in [4.69, 9.17) is 15.3 Å². The van der Waals surface area contributed by atoms with Crippen LogP contribution in [0.3, 0.4) is 0 Å². The normalized spacial score (nSPS) is 15.8. The Morgan fingerprint density at radius 3 is 1.86 bits per heavy atom. The zero-order chi connectivity index (χ0) is 33.3. The van der Waals surface area contributed by atoms with E-state index in [1.807, 2.05) is 0 Å². The summed E-state index contributed by atoms with van der Waals surface area (Å²) in [6, 6.07) is -1.46. The van der Waals surface area contributed by atoms with E-state index in [9.17, 15) is 24.0 Å². The summed E-state index contributed by atoms with van der Waals surface area (Å²) in [6.07, 6.45) is 0.697. The van der Waals surface area contributed by atoms with Crippen LogP contribution in [-0.2, 0) is 14.3 Å². The molecule has 2 heterocycles. The van der Waals surface area contributed by atoms with E-state index in [0.717, 1.165) is 16.9 Å². The number of nitrogens with one attached hydrogen (secondary N) is 1. The molecule has 240 valence electrons. The maximum Gasteiger partial charge on any atom is 0.439 e. The quantitative estimate of drug-likeness (QED) is 0.195. The van der Waals surface area contributed by atoms with Gasteiger partial charge in [0.05, 0.1) is 25.5 Å². The second-order valence-corrected chi connectivity index (χ2v) is 11.4. The fourth-order valence-electron chi connectivity index (χ4n) is 2.78. The number of carbonyl (C=O) groups is 5. The van der Waals surface area contributed by atoms with Crippen LogP contribution in [0.5, 0.6) is 0 Å². The minimum absolute atomic E-state index is 0.129. The van der Waals surface area contributed by atoms with Crippen LogP contribution in [0.25, 0.3) is 0 Å². The van der Waals surface area contributed by atoms with E-state index in [-0.39, 0.29) is 18.8 Å². The van der Waals surface area contributed by atoms with Crippen molar-refractivity contribution < 1.29 is 33.4 Å². The van der Waals surface area contributed by atoms with Crippen LogP contribution in [0.1, 0.15) is 48.5 Å². The zero-order valence-electron chi connectivity index (χ0n) is 26.5. The lowest BCUT2D eigenvalue weighted by Crippen LogP contribution is -2.61. The predicted octanol–water partition coefficient (Wildman–Crippen LogP) is 1.05. The van der Waals surface area contributed by atoms with Crippen molar-refractivity contribution in [3.8, 4) is 0 Å². The standard InChI is InChI=1S/C18H30N6O6.C6H12N6O/c1-12(25)24(16(28)30-18(5,6)7)22-11-13(10-19-21(8)9)20-23(14(22)26)15(27)29-17(2,3)4;1-11(2)8-3-5-4-12(7)6(13)10-9-5/h10H,11H2,1-9H3;3H,4,7H2,1-2H3,(H,10,13)/b19-10+;8-3+. The Kier molecular flexibility index (Phi) is 12.5. The van der Waals surface area contributed by atoms with Crippen molar-refractivity contribution in [2.24, 2.45) is 26.2 Å². The van der Waals surface area contributed by atoms with Gasteiger partial charge in [0.1, 0.15) is 22.6 Å². The monoisotopic (exact) mass is 610 g/mol. The highest BCUT2D eigenvalue weighted by Crippen LogP contribution is 2.19. The molecule has 0 aromatic heterocycles. The van der Waals surface area contributed by atoms with Gasteiger partial charge in [0.2, 0.25) is 5.91 Å². The van der Waals surface area contributed by atoms with E-state index in [2.05, 4.69) is 25.8 Å². The fourth-order valence-corrected chi connectivity index (χ4v) is 2.78. The Hall–Kier alpha value is -4.81. The van der Waals surface area contributed by atoms with Gasteiger partial charge in [0.25, 0.3) is 0 Å². The van der Waals surface area contributed by atoms with E-state index in [1.165, 1.54) is 11.2 Å². The third-order valence-electron chi connectivity index (χ3n) is 4.38. The molecule has 2 aliphatic heterocycles. The predicted molar refractivity (Wildman–Crippen MR) is 158 cm³/mol. The molecule has 0 bridgehead atoms. The summed E-state index contributed by atoms with van der Waals surface area (Å²) in [5, 5.41) is 21.5. The molecule has 43 heavy (non-hydrogen) atoms. The lowest BCUT2D eigenvalue weighted by Gasteiger charge is -2.37. The average molecular weight is 611 g/mol. The van der Waals surface area contributed by atoms with Crippen LogP contribution in [0.4, 0.5) is 19.2 Å². The smallest absolute Gasteiger partial charge is 0.439 e. The molecule has 0 aliphatic carbocycles. The van der Waals surface area contributed by atoms with Crippen LogP contribution in [0, 0.1) is 0 Å². The first-order valence-electron chi connectivity index (χ1n) is 12.9. The van der Waals surface area contributed by atoms with Gasteiger partial charge in [-0.3, -0.25) is 9.80 Å². The van der Waals surface area contributed by atoms with Crippen LogP contribution in [-0.4, -0.2) is 137 Å². The molecule has 0 saturated carbocycles. The molecule has 3 N–H and O–H groups in total. The molecule has 0 aromatic carbocycles. The Labute approximate surface area is 250 Å². The molecule has 19 nitrogen and oxygen atoms in total. The third kappa shape index (κ3) is 12.7. The van der Waals surface area contributed by atoms with Gasteiger partial charge in [-0.05, 0) is 41.5 Å². The Morgan fingerprint density at radius 2 is 1.42 bits per heavy atom.